The van der Waals surface area contributed by atoms with Gasteiger partial charge in [0.25, 0.3) is 0 Å². The summed E-state index contributed by atoms with van der Waals surface area (Å²) in [5.41, 5.74) is 11.9. The minimum atomic E-state index is -1.14. The fourth-order valence-electron chi connectivity index (χ4n) is 5.67. The van der Waals surface area contributed by atoms with Crippen molar-refractivity contribution in [2.45, 2.75) is 55.7 Å². The van der Waals surface area contributed by atoms with E-state index in [9.17, 15) is 24.3 Å². The maximum atomic E-state index is 13.0. The van der Waals surface area contributed by atoms with Gasteiger partial charge in [0.1, 0.15) is 5.70 Å². The molecule has 12 nitrogen and oxygen atoms in total. The van der Waals surface area contributed by atoms with Gasteiger partial charge in [0.2, 0.25) is 17.7 Å². The van der Waals surface area contributed by atoms with E-state index < -0.39 is 17.9 Å². The molecule has 0 aliphatic carbocycles. The number of nitrogens with zero attached hydrogens (tertiary/aromatic N) is 2. The van der Waals surface area contributed by atoms with Crippen molar-refractivity contribution >= 4 is 35.5 Å². The van der Waals surface area contributed by atoms with Crippen LogP contribution in [0.15, 0.2) is 10.6 Å². The second kappa shape index (κ2) is 10.1. The fraction of sp³-hybridized carbons (Fsp3) is 0.727. The highest BCUT2D eigenvalue weighted by atomic mass is 32.2. The molecule has 4 aliphatic rings. The number of carboxylic acids is 1. The monoisotopic (exact) mass is 509 g/mol. The Morgan fingerprint density at radius 2 is 1.91 bits per heavy atom. The van der Waals surface area contributed by atoms with Gasteiger partial charge in [-0.25, -0.2) is 4.79 Å². The molecule has 8 N–H and O–H groups in total. The number of nitrogens with one attached hydrogen (secondary N) is 3. The van der Waals surface area contributed by atoms with Gasteiger partial charge in [0, 0.05) is 53.8 Å². The Labute approximate surface area is 208 Å². The summed E-state index contributed by atoms with van der Waals surface area (Å²) in [4.78, 5) is 53.8. The molecule has 13 heteroatoms. The number of carbonyl (C=O) groups is 4. The molecule has 0 spiro atoms. The van der Waals surface area contributed by atoms with Crippen molar-refractivity contribution < 1.29 is 24.3 Å². The summed E-state index contributed by atoms with van der Waals surface area (Å²) < 4.78 is 0. The predicted octanol–water partition coefficient (Wildman–Crippen LogP) is -2.56. The number of nitrogens with two attached hydrogens (primary N) is 2. The zero-order valence-electron chi connectivity index (χ0n) is 20.2. The van der Waals surface area contributed by atoms with Crippen LogP contribution in [-0.4, -0.2) is 107 Å². The van der Waals surface area contributed by atoms with E-state index in [1.807, 2.05) is 6.92 Å². The van der Waals surface area contributed by atoms with Crippen LogP contribution in [0.5, 0.6) is 0 Å². The molecule has 1 unspecified atom stereocenters. The average molecular weight is 510 g/mol. The van der Waals surface area contributed by atoms with E-state index in [0.29, 0.717) is 31.0 Å². The lowest BCUT2D eigenvalue weighted by atomic mass is 9.78. The number of rotatable bonds is 8. The van der Waals surface area contributed by atoms with Crippen molar-refractivity contribution in [3.8, 4) is 0 Å². The van der Waals surface area contributed by atoms with E-state index in [-0.39, 0.29) is 65.3 Å². The molecular weight excluding hydrogens is 474 g/mol. The van der Waals surface area contributed by atoms with Crippen LogP contribution in [0.3, 0.4) is 0 Å². The zero-order chi connectivity index (χ0) is 25.6. The summed E-state index contributed by atoms with van der Waals surface area (Å²) in [6.07, 6.45) is 0.548. The van der Waals surface area contributed by atoms with Crippen LogP contribution < -0.4 is 27.4 Å². The molecular formula is C22H35N7O5S. The first-order chi connectivity index (χ1) is 16.5. The summed E-state index contributed by atoms with van der Waals surface area (Å²) in [5, 5.41) is 18.8. The molecule has 4 heterocycles. The number of thioether (sulfide) groups is 1. The van der Waals surface area contributed by atoms with Gasteiger partial charge >= 0.3 is 5.97 Å². The highest BCUT2D eigenvalue weighted by molar-refractivity contribution is 8.03. The quantitative estimate of drug-likeness (QED) is 0.190. The third-order valence-corrected chi connectivity index (χ3v) is 8.97. The maximum Gasteiger partial charge on any atom is 0.353 e. The highest BCUT2D eigenvalue weighted by Crippen LogP contribution is 2.51. The third-order valence-electron chi connectivity index (χ3n) is 7.46. The second-order valence-electron chi connectivity index (χ2n) is 9.93. The fourth-order valence-corrected chi connectivity index (χ4v) is 7.15. The van der Waals surface area contributed by atoms with Crippen molar-refractivity contribution in [3.63, 3.8) is 0 Å². The topological polar surface area (TPSA) is 183 Å². The van der Waals surface area contributed by atoms with Crippen molar-refractivity contribution in [2.24, 2.45) is 23.3 Å². The molecule has 4 rings (SSSR count). The minimum Gasteiger partial charge on any atom is -0.477 e. The number of amides is 3. The zero-order valence-corrected chi connectivity index (χ0v) is 21.0. The molecule has 3 amide bonds. The molecule has 35 heavy (non-hydrogen) atoms. The Morgan fingerprint density at radius 3 is 2.51 bits per heavy atom. The molecule has 0 radical (unpaired) electrons. The van der Waals surface area contributed by atoms with Crippen LogP contribution in [-0.2, 0) is 19.2 Å². The number of hydrogen-bond acceptors (Lipinski definition) is 9. The van der Waals surface area contributed by atoms with Crippen molar-refractivity contribution in [2.75, 3.05) is 33.2 Å². The van der Waals surface area contributed by atoms with E-state index in [1.165, 1.54) is 16.7 Å². The minimum absolute atomic E-state index is 0.0132. The van der Waals surface area contributed by atoms with Gasteiger partial charge in [-0.2, -0.15) is 0 Å². The summed E-state index contributed by atoms with van der Waals surface area (Å²) in [6.45, 7) is 5.26. The van der Waals surface area contributed by atoms with Crippen molar-refractivity contribution in [1.82, 2.24) is 25.8 Å². The average Bonchev–Trinajstić information content (AvgIpc) is 3.45. The number of fused-ring (bicyclic) bond motifs is 1. The maximum absolute atomic E-state index is 13.0. The Kier molecular flexibility index (Phi) is 7.44. The van der Waals surface area contributed by atoms with Gasteiger partial charge in [-0.1, -0.05) is 6.92 Å². The van der Waals surface area contributed by atoms with Crippen molar-refractivity contribution in [1.29, 1.82) is 0 Å². The number of carbonyl (C=O) groups excluding carboxylic acids is 3. The van der Waals surface area contributed by atoms with E-state index in [2.05, 4.69) is 16.0 Å². The summed E-state index contributed by atoms with van der Waals surface area (Å²) in [7, 11) is 1.66. The first-order valence-electron chi connectivity index (χ1n) is 12.0. The summed E-state index contributed by atoms with van der Waals surface area (Å²) in [5.74, 6) is -2.36. The molecule has 4 aliphatic heterocycles. The number of carboxylic acid groups (broad SMARTS) is 1. The molecule has 0 aromatic rings. The van der Waals surface area contributed by atoms with E-state index in [1.54, 1.807) is 18.9 Å². The van der Waals surface area contributed by atoms with E-state index >= 15 is 0 Å². The molecule has 0 bridgehead atoms. The van der Waals surface area contributed by atoms with Gasteiger partial charge < -0.3 is 42.3 Å². The normalized spacial score (nSPS) is 35.2. The number of β-lactam (4-membered cyclic amide) rings is 1. The number of likely N-dealkylation sites (tertiary alicyclic amines) is 1. The van der Waals surface area contributed by atoms with Gasteiger partial charge in [-0.05, 0) is 20.4 Å². The lowest BCUT2D eigenvalue weighted by molar-refractivity contribution is -0.158. The van der Waals surface area contributed by atoms with Gasteiger partial charge in [-0.3, -0.25) is 14.4 Å². The Bertz CT molecular complexity index is 935. The molecule has 0 aromatic heterocycles. The Hall–Kier alpha value is -2.19. The second-order valence-corrected chi connectivity index (χ2v) is 11.3. The first-order valence-corrected chi connectivity index (χ1v) is 12.9. The standard InChI is InChI=1S/C22H35N7O5S/c1-9-17-16(10(2)27-15(30)6-25-3)21(32)29(17)18(22(33)34)19(9)35-11-4-14(26-5-11)20(31)28-7-12(23)13(24)8-28/h9-14,16-17,25-26H,4-8,23-24H2,1-3H3,(H,27,30)(H,33,34)/t9-,10-,11?,12-,13+,14+,16-,17-/m1/s1. The number of aliphatic carboxylic acids is 1. The van der Waals surface area contributed by atoms with Crippen LogP contribution in [0.1, 0.15) is 20.3 Å². The van der Waals surface area contributed by atoms with Crippen molar-refractivity contribution in [3.05, 3.63) is 10.6 Å². The van der Waals surface area contributed by atoms with Crippen LogP contribution in [0.4, 0.5) is 0 Å². The number of hydrogen-bond donors (Lipinski definition) is 6. The molecule has 3 saturated heterocycles. The molecule has 194 valence electrons. The summed E-state index contributed by atoms with van der Waals surface area (Å²) in [6, 6.07) is -1.56. The SMILES string of the molecule is CNCC(=O)N[C@H](C)[C@H]1C(=O)N2C(C(=O)O)=C(SC3CN[C@H](C(=O)N4C[C@@H](N)[C@@H](N)C4)C3)[C@H](C)[C@H]12. The third kappa shape index (κ3) is 4.67. The molecule has 8 atom stereocenters. The van der Waals surface area contributed by atoms with Crippen LogP contribution in [0, 0.1) is 11.8 Å². The number of likely N-dealkylation sites (N-methyl/N-ethyl adjacent to an activating group) is 1. The lowest BCUT2D eigenvalue weighted by Gasteiger charge is -2.47. The van der Waals surface area contributed by atoms with E-state index in [0.717, 1.165) is 0 Å². The van der Waals surface area contributed by atoms with Gasteiger partial charge in [-0.15, -0.1) is 11.8 Å². The predicted molar refractivity (Wildman–Crippen MR) is 130 cm³/mol. The lowest BCUT2D eigenvalue weighted by Crippen LogP contribution is -2.66. The highest BCUT2D eigenvalue weighted by Gasteiger charge is 2.60. The smallest absolute Gasteiger partial charge is 0.353 e. The van der Waals surface area contributed by atoms with Gasteiger partial charge in [0.15, 0.2) is 0 Å². The Morgan fingerprint density at radius 1 is 1.26 bits per heavy atom. The Balaban J connectivity index is 1.43. The molecule has 3 fully saturated rings. The molecule has 0 saturated carbocycles. The van der Waals surface area contributed by atoms with E-state index in [4.69, 9.17) is 11.5 Å². The van der Waals surface area contributed by atoms with Gasteiger partial charge in [0.05, 0.1) is 24.5 Å². The first kappa shape index (κ1) is 25.9. The van der Waals surface area contributed by atoms with Crippen LogP contribution in [0.2, 0.25) is 0 Å². The van der Waals surface area contributed by atoms with Crippen LogP contribution >= 0.6 is 11.8 Å². The van der Waals surface area contributed by atoms with Crippen LogP contribution in [0.25, 0.3) is 0 Å². The summed E-state index contributed by atoms with van der Waals surface area (Å²) >= 11 is 1.43. The largest absolute Gasteiger partial charge is 0.477 e. The molecule has 0 aromatic carbocycles.